The van der Waals surface area contributed by atoms with Gasteiger partial charge in [0.15, 0.2) is 11.3 Å². The van der Waals surface area contributed by atoms with Crippen LogP contribution in [0.3, 0.4) is 0 Å². The lowest BCUT2D eigenvalue weighted by Crippen LogP contribution is -2.24. The predicted octanol–water partition coefficient (Wildman–Crippen LogP) is 4.40. The summed E-state index contributed by atoms with van der Waals surface area (Å²) < 4.78 is 9.86. The molecule has 16 nitrogen and oxygen atoms in total. The number of nitrogen functional groups attached to an aromatic ring is 2. The van der Waals surface area contributed by atoms with E-state index < -0.39 is 0 Å². The summed E-state index contributed by atoms with van der Waals surface area (Å²) in [5.74, 6) is 1.00. The lowest BCUT2D eigenvalue weighted by atomic mass is 10.1. The van der Waals surface area contributed by atoms with Gasteiger partial charge in [-0.05, 0) is 75.7 Å². The van der Waals surface area contributed by atoms with E-state index in [1.807, 2.05) is 53.7 Å². The molecule has 6 rings (SSSR count). The number of halogens is 1. The first-order chi connectivity index (χ1) is 22.1. The summed E-state index contributed by atoms with van der Waals surface area (Å²) >= 11 is 3.14. The molecule has 0 amide bonds. The van der Waals surface area contributed by atoms with Crippen LogP contribution in [0.5, 0.6) is 11.8 Å². The van der Waals surface area contributed by atoms with E-state index in [-0.39, 0.29) is 40.0 Å². The maximum atomic E-state index is 11.6. The maximum absolute atomic E-state index is 11.6. The number of H-pyrrole nitrogens is 1. The van der Waals surface area contributed by atoms with E-state index in [0.29, 0.717) is 37.8 Å². The van der Waals surface area contributed by atoms with Gasteiger partial charge in [0, 0.05) is 18.5 Å². The third-order valence-electron chi connectivity index (χ3n) is 6.20. The maximum Gasteiger partial charge on any atom is 0.277 e. The molecule has 0 unspecified atom stereocenters. The minimum absolute atomic E-state index is 0.212. The van der Waals surface area contributed by atoms with Crippen LogP contribution in [-0.4, -0.2) is 49.5 Å². The van der Waals surface area contributed by atoms with Gasteiger partial charge >= 0.3 is 0 Å². The van der Waals surface area contributed by atoms with Crippen LogP contribution in [-0.2, 0) is 11.1 Å². The molecule has 0 aliphatic rings. The van der Waals surface area contributed by atoms with E-state index in [1.165, 1.54) is 24.9 Å². The molecule has 47 heavy (non-hydrogen) atoms. The van der Waals surface area contributed by atoms with Crippen molar-refractivity contribution in [1.29, 1.82) is 10.5 Å². The van der Waals surface area contributed by atoms with Crippen LogP contribution in [0.25, 0.3) is 22.1 Å². The zero-order valence-corrected chi connectivity index (χ0v) is 28.0. The van der Waals surface area contributed by atoms with Crippen LogP contribution in [0.2, 0.25) is 0 Å². The third-order valence-corrected chi connectivity index (χ3v) is 6.63. The number of nitrogens with one attached hydrogen (secondary N) is 1. The van der Waals surface area contributed by atoms with Crippen molar-refractivity contribution in [2.75, 3.05) is 11.5 Å². The van der Waals surface area contributed by atoms with Crippen molar-refractivity contribution in [1.82, 2.24) is 49.5 Å². The van der Waals surface area contributed by atoms with E-state index in [9.17, 15) is 4.79 Å². The molecule has 6 heterocycles. The third kappa shape index (κ3) is 7.84. The highest BCUT2D eigenvalue weighted by Crippen LogP contribution is 2.33. The normalized spacial score (nSPS) is 11.1. The van der Waals surface area contributed by atoms with Gasteiger partial charge in [-0.2, -0.15) is 10.5 Å². The molecule has 0 atom stereocenters. The lowest BCUT2D eigenvalue weighted by Gasteiger charge is -2.20. The number of nitrogens with two attached hydrogens (primary N) is 2. The monoisotopic (exact) mass is 698 g/mol. The van der Waals surface area contributed by atoms with Crippen molar-refractivity contribution in [2.24, 2.45) is 0 Å². The van der Waals surface area contributed by atoms with E-state index >= 15 is 0 Å². The summed E-state index contributed by atoms with van der Waals surface area (Å²) in [5.41, 5.74) is 13.0. The molecule has 0 radical (unpaired) electrons. The Balaban J connectivity index is 0.000000178. The second kappa shape index (κ2) is 13.6. The number of pyridine rings is 2. The SMILES string of the molecule is CC(C)(C)n1[nH]c(=O)c2c(N)ncnc21.CC(C)(C)n1nc(Oc2cc(C#N)ccn2)c2c(N)ncnc21.N#Cc1ccnc(Br)c1. The quantitative estimate of drug-likeness (QED) is 0.213. The van der Waals surface area contributed by atoms with E-state index in [4.69, 9.17) is 26.7 Å². The molecular weight excluding hydrogens is 668 g/mol. The second-order valence-corrected chi connectivity index (χ2v) is 12.6. The number of aromatic nitrogens is 10. The van der Waals surface area contributed by atoms with Crippen LogP contribution < -0.4 is 21.8 Å². The summed E-state index contributed by atoms with van der Waals surface area (Å²) in [7, 11) is 0. The van der Waals surface area contributed by atoms with Crippen molar-refractivity contribution in [2.45, 2.75) is 52.6 Å². The fourth-order valence-corrected chi connectivity index (χ4v) is 4.43. The summed E-state index contributed by atoms with van der Waals surface area (Å²) in [6, 6.07) is 10.5. The summed E-state index contributed by atoms with van der Waals surface area (Å²) in [6.07, 6.45) is 5.83. The fraction of sp³-hybridized carbons (Fsp3) is 0.267. The molecule has 0 saturated heterocycles. The van der Waals surface area contributed by atoms with Crippen molar-refractivity contribution in [3.05, 3.63) is 75.4 Å². The van der Waals surface area contributed by atoms with Gasteiger partial charge in [0.05, 0.1) is 34.3 Å². The highest BCUT2D eigenvalue weighted by molar-refractivity contribution is 9.10. The largest absolute Gasteiger partial charge is 0.418 e. The molecule has 0 spiro atoms. The van der Waals surface area contributed by atoms with E-state index in [0.717, 1.165) is 0 Å². The van der Waals surface area contributed by atoms with Gasteiger partial charge in [-0.15, -0.1) is 5.10 Å². The molecule has 0 fully saturated rings. The average molecular weight is 700 g/mol. The number of hydrogen-bond acceptors (Lipinski definition) is 13. The average Bonchev–Trinajstić information content (AvgIpc) is 3.57. The number of fused-ring (bicyclic) bond motifs is 2. The van der Waals surface area contributed by atoms with Crippen LogP contribution in [0.15, 0.2) is 58.7 Å². The van der Waals surface area contributed by atoms with Crippen LogP contribution in [0.4, 0.5) is 11.6 Å². The molecule has 6 aromatic rings. The molecule has 0 aromatic carbocycles. The van der Waals surface area contributed by atoms with Crippen molar-refractivity contribution in [3.63, 3.8) is 0 Å². The summed E-state index contributed by atoms with van der Waals surface area (Å²) in [6.45, 7) is 11.9. The van der Waals surface area contributed by atoms with Gasteiger partial charge < -0.3 is 16.2 Å². The molecule has 0 aliphatic heterocycles. The number of nitriles is 2. The predicted molar refractivity (Wildman–Crippen MR) is 178 cm³/mol. The number of hydrogen-bond donors (Lipinski definition) is 3. The van der Waals surface area contributed by atoms with Gasteiger partial charge in [-0.1, -0.05) is 0 Å². The molecule has 0 bridgehead atoms. The zero-order valence-electron chi connectivity index (χ0n) is 26.4. The van der Waals surface area contributed by atoms with Gasteiger partial charge in [0.1, 0.15) is 39.7 Å². The molecule has 0 saturated carbocycles. The van der Waals surface area contributed by atoms with Crippen LogP contribution >= 0.6 is 15.9 Å². The molecular formula is C30H31BrN14O2. The molecule has 17 heteroatoms. The Morgan fingerprint density at radius 1 is 0.809 bits per heavy atom. The molecule has 0 aliphatic carbocycles. The van der Waals surface area contributed by atoms with Crippen molar-refractivity contribution < 1.29 is 4.74 Å². The topological polar surface area (TPSA) is 242 Å². The number of nitrogens with zero attached hydrogens (tertiary/aromatic N) is 11. The second-order valence-electron chi connectivity index (χ2n) is 11.8. The molecule has 5 N–H and O–H groups in total. The zero-order chi connectivity index (χ0) is 34.5. The molecule has 6 aromatic heterocycles. The lowest BCUT2D eigenvalue weighted by molar-refractivity contribution is 0.347. The van der Waals surface area contributed by atoms with Crippen LogP contribution in [0.1, 0.15) is 52.7 Å². The van der Waals surface area contributed by atoms with Crippen molar-refractivity contribution in [3.8, 4) is 23.9 Å². The van der Waals surface area contributed by atoms with E-state index in [1.54, 1.807) is 33.8 Å². The number of aromatic amines is 1. The first-order valence-electron chi connectivity index (χ1n) is 13.9. The Bertz CT molecular complexity index is 2190. The summed E-state index contributed by atoms with van der Waals surface area (Å²) in [5, 5.41) is 25.4. The van der Waals surface area contributed by atoms with E-state index in [2.05, 4.69) is 56.0 Å². The highest BCUT2D eigenvalue weighted by Gasteiger charge is 2.25. The highest BCUT2D eigenvalue weighted by atomic mass is 79.9. The standard InChI is InChI=1S/C15H15N7O.C9H13N5O.C6H3BrN2/c1-15(2,3)22-13-11(12(17)19-8-20-13)14(21-22)23-10-6-9(7-16)4-5-18-10;1-9(2,3)14-7-5(8(15)13-14)6(10)11-4-12-7;7-6-3-5(4-8)1-2-9-6/h4-6,8H,1-3H3,(H2,17,19,20);4H,1-3H3,(H,13,15)(H2,10,11,12);1-3H. The fourth-order valence-electron chi connectivity index (χ4n) is 4.06. The first kappa shape index (κ1) is 33.9. The Morgan fingerprint density at radius 2 is 1.38 bits per heavy atom. The van der Waals surface area contributed by atoms with Gasteiger partial charge in [-0.3, -0.25) is 14.6 Å². The summed E-state index contributed by atoms with van der Waals surface area (Å²) in [4.78, 5) is 35.7. The Hall–Kier alpha value is -5.94. The van der Waals surface area contributed by atoms with Gasteiger partial charge in [0.25, 0.3) is 11.4 Å². The number of rotatable bonds is 2. The Kier molecular flexibility index (Phi) is 9.82. The first-order valence-corrected chi connectivity index (χ1v) is 14.7. The van der Waals surface area contributed by atoms with Crippen molar-refractivity contribution >= 4 is 49.6 Å². The Labute approximate surface area is 277 Å². The number of ether oxygens (including phenoxy) is 1. The number of anilines is 2. The Morgan fingerprint density at radius 3 is 1.94 bits per heavy atom. The smallest absolute Gasteiger partial charge is 0.277 e. The van der Waals surface area contributed by atoms with Gasteiger partial charge in [0.2, 0.25) is 5.88 Å². The minimum Gasteiger partial charge on any atom is -0.418 e. The van der Waals surface area contributed by atoms with Gasteiger partial charge in [-0.25, -0.2) is 34.6 Å². The molecule has 240 valence electrons. The minimum atomic E-state index is -0.317. The van der Waals surface area contributed by atoms with Crippen LogP contribution in [0, 0.1) is 22.7 Å².